The first-order valence-corrected chi connectivity index (χ1v) is 5.48. The summed E-state index contributed by atoms with van der Waals surface area (Å²) in [6.07, 6.45) is 3.43. The molecule has 5 heteroatoms. The topological polar surface area (TPSA) is 56.7 Å². The van der Waals surface area contributed by atoms with Gasteiger partial charge in [0, 0.05) is 11.6 Å². The van der Waals surface area contributed by atoms with E-state index in [1.165, 1.54) is 0 Å². The first-order valence-electron chi connectivity index (χ1n) is 5.10. The lowest BCUT2D eigenvalue weighted by Crippen LogP contribution is -1.97. The fourth-order valence-corrected chi connectivity index (χ4v) is 1.90. The molecule has 3 aromatic rings. The lowest BCUT2D eigenvalue weighted by atomic mass is 10.2. The number of benzene rings is 1. The Labute approximate surface area is 103 Å². The van der Waals surface area contributed by atoms with Crippen LogP contribution >= 0.6 is 11.6 Å². The SMILES string of the molecule is Nc1nn(-c2ccnc3ccccc23)cc1Cl. The van der Waals surface area contributed by atoms with Gasteiger partial charge in [0.05, 0.1) is 17.4 Å². The van der Waals surface area contributed by atoms with Crippen molar-refractivity contribution in [2.75, 3.05) is 5.73 Å². The normalized spacial score (nSPS) is 10.9. The van der Waals surface area contributed by atoms with Crippen molar-refractivity contribution >= 4 is 28.3 Å². The molecule has 0 aliphatic rings. The third-order valence-electron chi connectivity index (χ3n) is 2.57. The highest BCUT2D eigenvalue weighted by Crippen LogP contribution is 2.23. The van der Waals surface area contributed by atoms with E-state index in [9.17, 15) is 0 Å². The van der Waals surface area contributed by atoms with E-state index in [4.69, 9.17) is 17.3 Å². The minimum atomic E-state index is 0.326. The molecule has 0 amide bonds. The van der Waals surface area contributed by atoms with Gasteiger partial charge in [-0.1, -0.05) is 29.8 Å². The predicted molar refractivity (Wildman–Crippen MR) is 68.3 cm³/mol. The second-order valence-corrected chi connectivity index (χ2v) is 4.06. The molecule has 0 saturated carbocycles. The smallest absolute Gasteiger partial charge is 0.164 e. The van der Waals surface area contributed by atoms with Crippen LogP contribution in [0.5, 0.6) is 0 Å². The third-order valence-corrected chi connectivity index (χ3v) is 2.86. The number of nitrogens with two attached hydrogens (primary N) is 1. The number of halogens is 1. The van der Waals surface area contributed by atoms with Gasteiger partial charge in [0.1, 0.15) is 5.02 Å². The Balaban J connectivity index is 2.30. The highest BCUT2D eigenvalue weighted by molar-refractivity contribution is 6.32. The quantitative estimate of drug-likeness (QED) is 0.716. The maximum Gasteiger partial charge on any atom is 0.164 e. The Morgan fingerprint density at radius 2 is 2.00 bits per heavy atom. The average Bonchev–Trinajstić information content (AvgIpc) is 2.69. The van der Waals surface area contributed by atoms with Crippen LogP contribution < -0.4 is 5.73 Å². The molecule has 2 aromatic heterocycles. The molecule has 3 rings (SSSR count). The highest BCUT2D eigenvalue weighted by Gasteiger charge is 2.07. The summed E-state index contributed by atoms with van der Waals surface area (Å²) in [5.41, 5.74) is 7.47. The summed E-state index contributed by atoms with van der Waals surface area (Å²) in [6.45, 7) is 0. The van der Waals surface area contributed by atoms with Crippen molar-refractivity contribution in [3.8, 4) is 5.69 Å². The summed E-state index contributed by atoms with van der Waals surface area (Å²) in [4.78, 5) is 4.29. The zero-order valence-electron chi connectivity index (χ0n) is 8.84. The third kappa shape index (κ3) is 1.62. The molecule has 4 nitrogen and oxygen atoms in total. The second kappa shape index (κ2) is 3.75. The fourth-order valence-electron chi connectivity index (χ4n) is 1.77. The molecule has 2 N–H and O–H groups in total. The van der Waals surface area contributed by atoms with Crippen LogP contribution in [-0.4, -0.2) is 14.8 Å². The molecular weight excluding hydrogens is 236 g/mol. The minimum Gasteiger partial charge on any atom is -0.381 e. The summed E-state index contributed by atoms with van der Waals surface area (Å²) in [5.74, 6) is 0.326. The Bertz CT molecular complexity index is 665. The highest BCUT2D eigenvalue weighted by atomic mass is 35.5. The van der Waals surface area contributed by atoms with Crippen molar-refractivity contribution in [1.29, 1.82) is 0 Å². The van der Waals surface area contributed by atoms with Crippen LogP contribution in [0.2, 0.25) is 5.02 Å². The van der Waals surface area contributed by atoms with E-state index in [-0.39, 0.29) is 0 Å². The number of pyridine rings is 1. The van der Waals surface area contributed by atoms with E-state index in [1.54, 1.807) is 17.1 Å². The van der Waals surface area contributed by atoms with Crippen LogP contribution in [-0.2, 0) is 0 Å². The number of aromatic nitrogens is 3. The van der Waals surface area contributed by atoms with Crippen LogP contribution in [0.3, 0.4) is 0 Å². The Kier molecular flexibility index (Phi) is 2.23. The van der Waals surface area contributed by atoms with Gasteiger partial charge in [-0.2, -0.15) is 0 Å². The molecular formula is C12H9ClN4. The zero-order valence-corrected chi connectivity index (χ0v) is 9.59. The summed E-state index contributed by atoms with van der Waals surface area (Å²) < 4.78 is 1.67. The van der Waals surface area contributed by atoms with Crippen molar-refractivity contribution in [2.45, 2.75) is 0 Å². The molecule has 0 aliphatic heterocycles. The van der Waals surface area contributed by atoms with Crippen molar-refractivity contribution in [2.24, 2.45) is 0 Å². The number of nitrogen functional groups attached to an aromatic ring is 1. The van der Waals surface area contributed by atoms with E-state index in [0.29, 0.717) is 10.8 Å². The van der Waals surface area contributed by atoms with E-state index < -0.39 is 0 Å². The fraction of sp³-hybridized carbons (Fsp3) is 0. The molecule has 1 aromatic carbocycles. The molecule has 0 spiro atoms. The molecule has 0 bridgehead atoms. The Hall–Kier alpha value is -2.07. The number of nitrogens with zero attached hydrogens (tertiary/aromatic N) is 3. The molecule has 0 radical (unpaired) electrons. The van der Waals surface area contributed by atoms with Crippen molar-refractivity contribution in [3.63, 3.8) is 0 Å². The summed E-state index contributed by atoms with van der Waals surface area (Å²) in [6, 6.07) is 9.73. The van der Waals surface area contributed by atoms with Gasteiger partial charge in [0.25, 0.3) is 0 Å². The zero-order chi connectivity index (χ0) is 11.8. The van der Waals surface area contributed by atoms with Crippen molar-refractivity contribution in [1.82, 2.24) is 14.8 Å². The van der Waals surface area contributed by atoms with Gasteiger partial charge in [0.15, 0.2) is 5.82 Å². The number of para-hydroxylation sites is 1. The second-order valence-electron chi connectivity index (χ2n) is 3.65. The number of hydrogen-bond acceptors (Lipinski definition) is 3. The van der Waals surface area contributed by atoms with Crippen molar-refractivity contribution in [3.05, 3.63) is 47.7 Å². The molecule has 0 fully saturated rings. The maximum absolute atomic E-state index is 5.91. The standard InChI is InChI=1S/C12H9ClN4/c13-9-7-17(16-12(9)14)11-5-6-15-10-4-2-1-3-8(10)11/h1-7H,(H2,14,16). The van der Waals surface area contributed by atoms with Crippen LogP contribution in [0.15, 0.2) is 42.7 Å². The van der Waals surface area contributed by atoms with Gasteiger partial charge >= 0.3 is 0 Å². The van der Waals surface area contributed by atoms with Gasteiger partial charge in [-0.05, 0) is 12.1 Å². The number of anilines is 1. The number of fused-ring (bicyclic) bond motifs is 1. The summed E-state index contributed by atoms with van der Waals surface area (Å²) >= 11 is 5.91. The molecule has 17 heavy (non-hydrogen) atoms. The van der Waals surface area contributed by atoms with Gasteiger partial charge in [0.2, 0.25) is 0 Å². The van der Waals surface area contributed by atoms with Crippen LogP contribution in [0.25, 0.3) is 16.6 Å². The van der Waals surface area contributed by atoms with E-state index >= 15 is 0 Å². The predicted octanol–water partition coefficient (Wildman–Crippen LogP) is 2.66. The maximum atomic E-state index is 5.91. The van der Waals surface area contributed by atoms with Crippen LogP contribution in [0.1, 0.15) is 0 Å². The van der Waals surface area contributed by atoms with Gasteiger partial charge in [-0.3, -0.25) is 4.98 Å². The van der Waals surface area contributed by atoms with Gasteiger partial charge in [-0.15, -0.1) is 5.10 Å². The minimum absolute atomic E-state index is 0.326. The van der Waals surface area contributed by atoms with Crippen molar-refractivity contribution < 1.29 is 0 Å². The molecule has 2 heterocycles. The lowest BCUT2D eigenvalue weighted by molar-refractivity contribution is 0.892. The molecule has 0 aliphatic carbocycles. The number of hydrogen-bond donors (Lipinski definition) is 1. The lowest BCUT2D eigenvalue weighted by Gasteiger charge is -2.04. The summed E-state index contributed by atoms with van der Waals surface area (Å²) in [7, 11) is 0. The van der Waals surface area contributed by atoms with E-state index in [2.05, 4.69) is 10.1 Å². The molecule has 0 atom stereocenters. The van der Waals surface area contributed by atoms with Crippen LogP contribution in [0, 0.1) is 0 Å². The van der Waals surface area contributed by atoms with E-state index in [0.717, 1.165) is 16.6 Å². The largest absolute Gasteiger partial charge is 0.381 e. The number of rotatable bonds is 1. The molecule has 84 valence electrons. The first-order chi connectivity index (χ1) is 8.25. The Morgan fingerprint density at radius 1 is 1.18 bits per heavy atom. The first kappa shape index (κ1) is 10.1. The van der Waals surface area contributed by atoms with Crippen LogP contribution in [0.4, 0.5) is 5.82 Å². The van der Waals surface area contributed by atoms with Gasteiger partial charge in [-0.25, -0.2) is 4.68 Å². The summed E-state index contributed by atoms with van der Waals surface area (Å²) in [5, 5.41) is 5.62. The molecule has 0 saturated heterocycles. The van der Waals surface area contributed by atoms with Gasteiger partial charge < -0.3 is 5.73 Å². The Morgan fingerprint density at radius 3 is 2.76 bits per heavy atom. The average molecular weight is 245 g/mol. The van der Waals surface area contributed by atoms with E-state index in [1.807, 2.05) is 30.3 Å². The monoisotopic (exact) mass is 244 g/mol. The molecule has 0 unspecified atom stereocenters.